The molecule has 0 amide bonds. The molecule has 0 aromatic heterocycles. The summed E-state index contributed by atoms with van der Waals surface area (Å²) in [6.45, 7) is 0.0519. The molecule has 29 heavy (non-hydrogen) atoms. The van der Waals surface area contributed by atoms with E-state index in [1.807, 2.05) is 12.2 Å². The van der Waals surface area contributed by atoms with E-state index in [-0.39, 0.29) is 24.9 Å². The van der Waals surface area contributed by atoms with E-state index in [0.29, 0.717) is 36.5 Å². The van der Waals surface area contributed by atoms with Gasteiger partial charge in [-0.15, -0.1) is 0 Å². The van der Waals surface area contributed by atoms with Crippen LogP contribution in [0.15, 0.2) is 48.6 Å². The molecule has 2 rings (SSSR count). The van der Waals surface area contributed by atoms with Gasteiger partial charge >= 0.3 is 5.97 Å². The van der Waals surface area contributed by atoms with Crippen molar-refractivity contribution in [1.29, 1.82) is 0 Å². The van der Waals surface area contributed by atoms with E-state index in [9.17, 15) is 20.1 Å². The standard InChI is InChI=1S/C22H29ClO6/c23-15-6-5-7-17(12-15)29-14-16(24)10-11-19-18(20(25)13-21(19)26)8-3-1-2-4-9-22(27)28/h1,3,5-7,10-12,16,18-21,24-26H,2,4,8-9,13-14H2,(H,27,28)/b3-1-,11-10+/t16-,18+,19+,20-,21+/m0/s1. The van der Waals surface area contributed by atoms with Crippen LogP contribution in [0, 0.1) is 11.8 Å². The summed E-state index contributed by atoms with van der Waals surface area (Å²) >= 11 is 5.90. The summed E-state index contributed by atoms with van der Waals surface area (Å²) in [4.78, 5) is 10.5. The number of benzene rings is 1. The Balaban J connectivity index is 1.83. The van der Waals surface area contributed by atoms with E-state index in [2.05, 4.69) is 0 Å². The van der Waals surface area contributed by atoms with Gasteiger partial charge in [0.15, 0.2) is 0 Å². The van der Waals surface area contributed by atoms with E-state index in [4.69, 9.17) is 21.4 Å². The molecule has 160 valence electrons. The summed E-state index contributed by atoms with van der Waals surface area (Å²) < 4.78 is 5.51. The number of ether oxygens (including phenoxy) is 1. The summed E-state index contributed by atoms with van der Waals surface area (Å²) in [5, 5.41) is 39.8. The monoisotopic (exact) mass is 424 g/mol. The molecule has 0 aliphatic heterocycles. The zero-order valence-electron chi connectivity index (χ0n) is 16.2. The maximum absolute atomic E-state index is 10.5. The highest BCUT2D eigenvalue weighted by molar-refractivity contribution is 6.30. The molecule has 0 spiro atoms. The number of hydrogen-bond acceptors (Lipinski definition) is 5. The highest BCUT2D eigenvalue weighted by Gasteiger charge is 2.39. The van der Waals surface area contributed by atoms with Crippen LogP contribution in [0.3, 0.4) is 0 Å². The maximum Gasteiger partial charge on any atom is 0.303 e. The van der Waals surface area contributed by atoms with Crippen LogP contribution < -0.4 is 4.74 Å². The quantitative estimate of drug-likeness (QED) is 0.321. The summed E-state index contributed by atoms with van der Waals surface area (Å²) in [5.41, 5.74) is 0. The van der Waals surface area contributed by atoms with E-state index >= 15 is 0 Å². The number of rotatable bonds is 11. The highest BCUT2D eigenvalue weighted by Crippen LogP contribution is 2.36. The Morgan fingerprint density at radius 1 is 1.28 bits per heavy atom. The molecule has 0 bridgehead atoms. The Morgan fingerprint density at radius 2 is 2.07 bits per heavy atom. The van der Waals surface area contributed by atoms with Gasteiger partial charge in [0, 0.05) is 23.8 Å². The Hall–Kier alpha value is -1.86. The number of aliphatic carboxylic acids is 1. The Labute approximate surface area is 176 Å². The van der Waals surface area contributed by atoms with Crippen LogP contribution in [0.1, 0.15) is 32.1 Å². The van der Waals surface area contributed by atoms with Crippen LogP contribution >= 0.6 is 11.6 Å². The lowest BCUT2D eigenvalue weighted by Gasteiger charge is -2.19. The van der Waals surface area contributed by atoms with Crippen LogP contribution in [-0.2, 0) is 4.79 Å². The van der Waals surface area contributed by atoms with Crippen molar-refractivity contribution >= 4 is 17.6 Å². The van der Waals surface area contributed by atoms with Crippen LogP contribution in [-0.4, -0.2) is 51.3 Å². The lowest BCUT2D eigenvalue weighted by atomic mass is 9.89. The van der Waals surface area contributed by atoms with Crippen molar-refractivity contribution in [2.45, 2.75) is 50.4 Å². The molecule has 4 N–H and O–H groups in total. The fraction of sp³-hybridized carbons (Fsp3) is 0.500. The van der Waals surface area contributed by atoms with Gasteiger partial charge in [-0.05, 0) is 43.4 Å². The average molecular weight is 425 g/mol. The van der Waals surface area contributed by atoms with Crippen molar-refractivity contribution in [3.63, 3.8) is 0 Å². The minimum Gasteiger partial charge on any atom is -0.491 e. The summed E-state index contributed by atoms with van der Waals surface area (Å²) in [7, 11) is 0. The third-order valence-corrected chi connectivity index (χ3v) is 5.26. The van der Waals surface area contributed by atoms with Gasteiger partial charge in [-0.25, -0.2) is 0 Å². The fourth-order valence-corrected chi connectivity index (χ4v) is 3.68. The van der Waals surface area contributed by atoms with E-state index < -0.39 is 24.3 Å². The van der Waals surface area contributed by atoms with Gasteiger partial charge in [-0.1, -0.05) is 42.0 Å². The van der Waals surface area contributed by atoms with Gasteiger partial charge in [-0.3, -0.25) is 4.79 Å². The molecule has 0 radical (unpaired) electrons. The number of aliphatic hydroxyl groups excluding tert-OH is 3. The molecule has 6 nitrogen and oxygen atoms in total. The van der Waals surface area contributed by atoms with Crippen molar-refractivity contribution in [1.82, 2.24) is 0 Å². The van der Waals surface area contributed by atoms with Crippen LogP contribution in [0.2, 0.25) is 5.02 Å². The molecule has 0 unspecified atom stereocenters. The highest BCUT2D eigenvalue weighted by atomic mass is 35.5. The number of carboxylic acid groups (broad SMARTS) is 1. The predicted octanol–water partition coefficient (Wildman–Crippen LogP) is 3.20. The maximum atomic E-state index is 10.5. The van der Waals surface area contributed by atoms with Gasteiger partial charge in [0.25, 0.3) is 0 Å². The van der Waals surface area contributed by atoms with Gasteiger partial charge < -0.3 is 25.2 Å². The molecule has 1 fully saturated rings. The third kappa shape index (κ3) is 8.19. The second-order valence-electron chi connectivity index (χ2n) is 7.33. The zero-order chi connectivity index (χ0) is 21.2. The van der Waals surface area contributed by atoms with Gasteiger partial charge in [0.1, 0.15) is 18.5 Å². The zero-order valence-corrected chi connectivity index (χ0v) is 17.0. The van der Waals surface area contributed by atoms with Crippen molar-refractivity contribution in [2.75, 3.05) is 6.61 Å². The molecule has 1 aromatic rings. The first-order chi connectivity index (χ1) is 13.9. The Kier molecular flexibility index (Phi) is 9.67. The first-order valence-corrected chi connectivity index (χ1v) is 10.2. The van der Waals surface area contributed by atoms with Crippen molar-refractivity contribution in [3.8, 4) is 5.75 Å². The van der Waals surface area contributed by atoms with Gasteiger partial charge in [0.05, 0.1) is 12.2 Å². The van der Waals surface area contributed by atoms with E-state index in [1.54, 1.807) is 36.4 Å². The molecule has 0 heterocycles. The fourth-order valence-electron chi connectivity index (χ4n) is 3.50. The molecule has 1 aromatic carbocycles. The average Bonchev–Trinajstić information content (AvgIpc) is 2.93. The summed E-state index contributed by atoms with van der Waals surface area (Å²) in [6, 6.07) is 6.90. The van der Waals surface area contributed by atoms with Crippen LogP contribution in [0.4, 0.5) is 0 Å². The Morgan fingerprint density at radius 3 is 2.79 bits per heavy atom. The number of hydrogen-bond donors (Lipinski definition) is 4. The summed E-state index contributed by atoms with van der Waals surface area (Å²) in [5.74, 6) is -0.671. The minimum atomic E-state index is -0.855. The number of allylic oxidation sites excluding steroid dienone is 2. The van der Waals surface area contributed by atoms with Crippen LogP contribution in [0.25, 0.3) is 0 Å². The molecule has 1 aliphatic rings. The number of carbonyl (C=O) groups is 1. The normalized spacial score (nSPS) is 25.7. The topological polar surface area (TPSA) is 107 Å². The molecular weight excluding hydrogens is 396 g/mol. The lowest BCUT2D eigenvalue weighted by molar-refractivity contribution is -0.137. The molecule has 7 heteroatoms. The van der Waals surface area contributed by atoms with E-state index in [1.165, 1.54) is 0 Å². The number of halogens is 1. The van der Waals surface area contributed by atoms with E-state index in [0.717, 1.165) is 0 Å². The predicted molar refractivity (Wildman–Crippen MR) is 111 cm³/mol. The molecular formula is C22H29ClO6. The Bertz CT molecular complexity index is 704. The minimum absolute atomic E-state index is 0.0519. The first-order valence-electron chi connectivity index (χ1n) is 9.84. The third-order valence-electron chi connectivity index (χ3n) is 5.02. The van der Waals surface area contributed by atoms with Crippen LogP contribution in [0.5, 0.6) is 5.75 Å². The number of carboxylic acids is 1. The van der Waals surface area contributed by atoms with Gasteiger partial charge in [-0.2, -0.15) is 0 Å². The van der Waals surface area contributed by atoms with Crippen molar-refractivity contribution < 1.29 is 30.0 Å². The largest absolute Gasteiger partial charge is 0.491 e. The first kappa shape index (κ1) is 23.4. The molecule has 5 atom stereocenters. The van der Waals surface area contributed by atoms with Crippen molar-refractivity contribution in [2.24, 2.45) is 11.8 Å². The number of aliphatic hydroxyl groups is 3. The second-order valence-corrected chi connectivity index (χ2v) is 7.76. The molecule has 1 saturated carbocycles. The SMILES string of the molecule is O=C(O)CCC/C=C\C[C@@H]1[C@@H](/C=C/[C@H](O)COc2cccc(Cl)c2)[C@H](O)C[C@@H]1O. The number of unbranched alkanes of at least 4 members (excludes halogenated alkanes) is 1. The summed E-state index contributed by atoms with van der Waals surface area (Å²) in [6.07, 6.45) is 7.26. The second kappa shape index (κ2) is 12.0. The lowest BCUT2D eigenvalue weighted by Crippen LogP contribution is -2.21. The molecule has 1 aliphatic carbocycles. The van der Waals surface area contributed by atoms with Gasteiger partial charge in [0.2, 0.25) is 0 Å². The van der Waals surface area contributed by atoms with Crippen molar-refractivity contribution in [3.05, 3.63) is 53.6 Å². The smallest absolute Gasteiger partial charge is 0.303 e. The molecule has 0 saturated heterocycles.